The van der Waals surface area contributed by atoms with Gasteiger partial charge in [-0.25, -0.2) is 17.7 Å². The summed E-state index contributed by atoms with van der Waals surface area (Å²) in [5, 5.41) is 5.70. The van der Waals surface area contributed by atoms with Crippen molar-refractivity contribution in [2.75, 3.05) is 38.3 Å². The van der Waals surface area contributed by atoms with Gasteiger partial charge >= 0.3 is 0 Å². The van der Waals surface area contributed by atoms with E-state index in [9.17, 15) is 13.2 Å². The Hall–Kier alpha value is -1.38. The summed E-state index contributed by atoms with van der Waals surface area (Å²) >= 11 is 5.84. The SMILES string of the molecule is CCNc1cc(C(=O)NCCS(=O)(=O)N(C)C)cc(Cl)n1. The van der Waals surface area contributed by atoms with E-state index in [2.05, 4.69) is 15.6 Å². The maximum Gasteiger partial charge on any atom is 0.251 e. The number of nitrogens with one attached hydrogen (secondary N) is 2. The van der Waals surface area contributed by atoms with Crippen molar-refractivity contribution in [2.24, 2.45) is 0 Å². The largest absolute Gasteiger partial charge is 0.370 e. The molecule has 1 amide bonds. The van der Waals surface area contributed by atoms with Gasteiger partial charge in [0.05, 0.1) is 5.75 Å². The van der Waals surface area contributed by atoms with Crippen molar-refractivity contribution >= 4 is 33.3 Å². The molecule has 0 aliphatic rings. The van der Waals surface area contributed by atoms with Gasteiger partial charge in [-0.1, -0.05) is 11.6 Å². The van der Waals surface area contributed by atoms with Crippen molar-refractivity contribution in [1.82, 2.24) is 14.6 Å². The smallest absolute Gasteiger partial charge is 0.251 e. The zero-order chi connectivity index (χ0) is 16.0. The zero-order valence-corrected chi connectivity index (χ0v) is 13.8. The van der Waals surface area contributed by atoms with Gasteiger partial charge in [-0.15, -0.1) is 0 Å². The third-order valence-electron chi connectivity index (χ3n) is 2.62. The molecular weight excluding hydrogens is 316 g/mol. The van der Waals surface area contributed by atoms with E-state index in [-0.39, 0.29) is 17.5 Å². The van der Waals surface area contributed by atoms with Crippen LogP contribution in [0.15, 0.2) is 12.1 Å². The van der Waals surface area contributed by atoms with E-state index in [0.717, 1.165) is 4.31 Å². The molecule has 21 heavy (non-hydrogen) atoms. The highest BCUT2D eigenvalue weighted by atomic mass is 35.5. The van der Waals surface area contributed by atoms with Crippen LogP contribution in [0.3, 0.4) is 0 Å². The lowest BCUT2D eigenvalue weighted by molar-refractivity contribution is 0.0956. The van der Waals surface area contributed by atoms with E-state index in [1.165, 1.54) is 20.2 Å². The number of rotatable bonds is 7. The summed E-state index contributed by atoms with van der Waals surface area (Å²) in [6, 6.07) is 2.99. The number of aromatic nitrogens is 1. The predicted molar refractivity (Wildman–Crippen MR) is 83.2 cm³/mol. The molecule has 0 aliphatic carbocycles. The maximum absolute atomic E-state index is 12.0. The molecule has 0 spiro atoms. The normalized spacial score (nSPS) is 11.5. The number of amides is 1. The minimum Gasteiger partial charge on any atom is -0.370 e. The summed E-state index contributed by atoms with van der Waals surface area (Å²) in [6.07, 6.45) is 0. The lowest BCUT2D eigenvalue weighted by Crippen LogP contribution is -2.34. The lowest BCUT2D eigenvalue weighted by atomic mass is 10.2. The number of sulfonamides is 1. The number of pyridine rings is 1. The summed E-state index contributed by atoms with van der Waals surface area (Å²) < 4.78 is 24.3. The van der Waals surface area contributed by atoms with Crippen molar-refractivity contribution in [3.63, 3.8) is 0 Å². The van der Waals surface area contributed by atoms with Gasteiger partial charge in [0, 0.05) is 32.7 Å². The molecule has 7 nitrogen and oxygen atoms in total. The standard InChI is InChI=1S/C12H19ClN4O3S/c1-4-14-11-8-9(7-10(13)16-11)12(18)15-5-6-21(19,20)17(2)3/h7-8H,4-6H2,1-3H3,(H,14,16)(H,15,18). The Morgan fingerprint density at radius 1 is 1.38 bits per heavy atom. The molecule has 0 unspecified atom stereocenters. The van der Waals surface area contributed by atoms with Crippen LogP contribution in [0.25, 0.3) is 0 Å². The number of hydrogen-bond donors (Lipinski definition) is 2. The fourth-order valence-electron chi connectivity index (χ4n) is 1.48. The summed E-state index contributed by atoms with van der Waals surface area (Å²) in [7, 11) is -0.439. The topological polar surface area (TPSA) is 91.4 Å². The molecule has 1 heterocycles. The number of halogens is 1. The summed E-state index contributed by atoms with van der Waals surface area (Å²) in [4.78, 5) is 16.0. The third kappa shape index (κ3) is 5.49. The highest BCUT2D eigenvalue weighted by Gasteiger charge is 2.14. The first-order chi connectivity index (χ1) is 9.76. The Morgan fingerprint density at radius 2 is 2.05 bits per heavy atom. The van der Waals surface area contributed by atoms with Crippen molar-refractivity contribution < 1.29 is 13.2 Å². The molecule has 0 fully saturated rings. The van der Waals surface area contributed by atoms with E-state index in [0.29, 0.717) is 17.9 Å². The van der Waals surface area contributed by atoms with Crippen LogP contribution in [-0.2, 0) is 10.0 Å². The quantitative estimate of drug-likeness (QED) is 0.719. The molecule has 0 radical (unpaired) electrons. The van der Waals surface area contributed by atoms with Gasteiger partial charge in [-0.3, -0.25) is 4.79 Å². The molecule has 118 valence electrons. The highest BCUT2D eigenvalue weighted by Crippen LogP contribution is 2.14. The van der Waals surface area contributed by atoms with Crippen LogP contribution in [0.5, 0.6) is 0 Å². The van der Waals surface area contributed by atoms with Crippen LogP contribution in [0.4, 0.5) is 5.82 Å². The first kappa shape index (κ1) is 17.7. The first-order valence-corrected chi connectivity index (χ1v) is 8.35. The van der Waals surface area contributed by atoms with Crippen LogP contribution in [0.1, 0.15) is 17.3 Å². The van der Waals surface area contributed by atoms with Gasteiger partial charge in [-0.2, -0.15) is 0 Å². The van der Waals surface area contributed by atoms with Crippen molar-refractivity contribution in [2.45, 2.75) is 6.92 Å². The Morgan fingerprint density at radius 3 is 2.62 bits per heavy atom. The molecule has 1 aromatic heterocycles. The van der Waals surface area contributed by atoms with E-state index >= 15 is 0 Å². The number of carbonyl (C=O) groups excluding carboxylic acids is 1. The average molecular weight is 335 g/mol. The van der Waals surface area contributed by atoms with Crippen molar-refractivity contribution in [1.29, 1.82) is 0 Å². The van der Waals surface area contributed by atoms with E-state index < -0.39 is 15.9 Å². The van der Waals surface area contributed by atoms with Gasteiger partial charge in [0.15, 0.2) is 0 Å². The minimum atomic E-state index is -3.33. The van der Waals surface area contributed by atoms with Crippen LogP contribution in [0, 0.1) is 0 Å². The molecule has 1 aromatic rings. The molecule has 0 bridgehead atoms. The van der Waals surface area contributed by atoms with Gasteiger partial charge in [0.25, 0.3) is 5.91 Å². The van der Waals surface area contributed by atoms with E-state index in [4.69, 9.17) is 11.6 Å². The maximum atomic E-state index is 12.0. The second-order valence-electron chi connectivity index (χ2n) is 4.45. The second-order valence-corrected chi connectivity index (χ2v) is 7.14. The Balaban J connectivity index is 2.68. The molecule has 1 rings (SSSR count). The van der Waals surface area contributed by atoms with Crippen LogP contribution in [0.2, 0.25) is 5.15 Å². The lowest BCUT2D eigenvalue weighted by Gasteiger charge is -2.12. The van der Waals surface area contributed by atoms with E-state index in [1.54, 1.807) is 6.07 Å². The molecule has 2 N–H and O–H groups in total. The van der Waals surface area contributed by atoms with Gasteiger partial charge in [0.2, 0.25) is 10.0 Å². The van der Waals surface area contributed by atoms with Crippen molar-refractivity contribution in [3.8, 4) is 0 Å². The summed E-state index contributed by atoms with van der Waals surface area (Å²) in [5.41, 5.74) is 0.327. The Bertz CT molecular complexity index is 605. The monoisotopic (exact) mass is 334 g/mol. The molecule has 0 saturated carbocycles. The summed E-state index contributed by atoms with van der Waals surface area (Å²) in [5.74, 6) is -0.0616. The van der Waals surface area contributed by atoms with Gasteiger partial charge in [0.1, 0.15) is 11.0 Å². The highest BCUT2D eigenvalue weighted by molar-refractivity contribution is 7.89. The summed E-state index contributed by atoms with van der Waals surface area (Å²) in [6.45, 7) is 2.57. The molecule has 0 aromatic carbocycles. The Kier molecular flexibility index (Phi) is 6.38. The number of anilines is 1. The predicted octanol–water partition coefficient (Wildman–Crippen LogP) is 0.788. The number of hydrogen-bond acceptors (Lipinski definition) is 5. The van der Waals surface area contributed by atoms with Gasteiger partial charge in [-0.05, 0) is 19.1 Å². The first-order valence-electron chi connectivity index (χ1n) is 6.36. The van der Waals surface area contributed by atoms with E-state index in [1.807, 2.05) is 6.92 Å². The van der Waals surface area contributed by atoms with Crippen LogP contribution < -0.4 is 10.6 Å². The Labute approximate surface area is 129 Å². The number of carbonyl (C=O) groups is 1. The minimum absolute atomic E-state index is 0.0236. The average Bonchev–Trinajstić information content (AvgIpc) is 2.37. The molecule has 0 saturated heterocycles. The fourth-order valence-corrected chi connectivity index (χ4v) is 2.41. The zero-order valence-electron chi connectivity index (χ0n) is 12.2. The molecule has 0 atom stereocenters. The molecular formula is C12H19ClN4O3S. The molecule has 0 aliphatic heterocycles. The molecule has 9 heteroatoms. The van der Waals surface area contributed by atoms with Crippen molar-refractivity contribution in [3.05, 3.63) is 22.8 Å². The number of nitrogens with zero attached hydrogens (tertiary/aromatic N) is 2. The van der Waals surface area contributed by atoms with Gasteiger partial charge < -0.3 is 10.6 Å². The fraction of sp³-hybridized carbons (Fsp3) is 0.500. The second kappa shape index (κ2) is 7.58. The third-order valence-corrected chi connectivity index (χ3v) is 4.64. The van der Waals surface area contributed by atoms with Crippen LogP contribution in [-0.4, -0.2) is 56.6 Å². The van der Waals surface area contributed by atoms with Crippen LogP contribution >= 0.6 is 11.6 Å².